The lowest BCUT2D eigenvalue weighted by molar-refractivity contribution is -0.141. The summed E-state index contributed by atoms with van der Waals surface area (Å²) in [7, 11) is 3.17. The first-order chi connectivity index (χ1) is 7.99. The van der Waals surface area contributed by atoms with Gasteiger partial charge in [-0.2, -0.15) is 0 Å². The van der Waals surface area contributed by atoms with Crippen LogP contribution >= 0.6 is 0 Å². The van der Waals surface area contributed by atoms with Crippen molar-refractivity contribution >= 4 is 5.97 Å². The Morgan fingerprint density at radius 2 is 2.00 bits per heavy atom. The van der Waals surface area contributed by atoms with Gasteiger partial charge in [-0.25, -0.2) is 0 Å². The molecule has 1 atom stereocenters. The first kappa shape index (κ1) is 13.4. The second-order valence-electron chi connectivity index (χ2n) is 4.06. The lowest BCUT2D eigenvalue weighted by Crippen LogP contribution is -2.13. The van der Waals surface area contributed by atoms with Crippen LogP contribution in [0.2, 0.25) is 0 Å². The highest BCUT2D eigenvalue weighted by Crippen LogP contribution is 2.29. The summed E-state index contributed by atoms with van der Waals surface area (Å²) in [6.07, 6.45) is 0.467. The molecule has 0 radical (unpaired) electrons. The highest BCUT2D eigenvalue weighted by molar-refractivity contribution is 5.70. The Balaban J connectivity index is 3.09. The molecule has 0 aliphatic rings. The Bertz CT molecular complexity index is 412. The molecule has 4 nitrogen and oxygen atoms in total. The van der Waals surface area contributed by atoms with E-state index in [1.54, 1.807) is 27.2 Å². The molecular formula is C13H18O4. The molecule has 1 rings (SSSR count). The second kappa shape index (κ2) is 5.57. The van der Waals surface area contributed by atoms with Crippen molar-refractivity contribution in [3.63, 3.8) is 0 Å². The maximum absolute atomic E-state index is 10.9. The number of hydrogen-bond acceptors (Lipinski definition) is 3. The van der Waals surface area contributed by atoms with E-state index in [1.807, 2.05) is 13.0 Å². The summed E-state index contributed by atoms with van der Waals surface area (Å²) >= 11 is 0. The van der Waals surface area contributed by atoms with Crippen molar-refractivity contribution in [3.8, 4) is 11.5 Å². The van der Waals surface area contributed by atoms with Crippen molar-refractivity contribution in [2.24, 2.45) is 5.92 Å². The number of carboxylic acid groups (broad SMARTS) is 1. The third-order valence-electron chi connectivity index (χ3n) is 2.84. The number of ether oxygens (including phenoxy) is 2. The molecule has 0 spiro atoms. The monoisotopic (exact) mass is 238 g/mol. The summed E-state index contributed by atoms with van der Waals surface area (Å²) in [5, 5.41) is 8.92. The number of aliphatic carboxylic acids is 1. The fraction of sp³-hybridized carbons (Fsp3) is 0.462. The van der Waals surface area contributed by atoms with Gasteiger partial charge in [0.05, 0.1) is 20.1 Å². The van der Waals surface area contributed by atoms with E-state index in [2.05, 4.69) is 0 Å². The van der Waals surface area contributed by atoms with Crippen LogP contribution in [0.25, 0.3) is 0 Å². The molecule has 0 aliphatic carbocycles. The molecule has 1 N–H and O–H groups in total. The zero-order valence-electron chi connectivity index (χ0n) is 10.6. The Kier molecular flexibility index (Phi) is 4.37. The maximum Gasteiger partial charge on any atom is 0.306 e. The van der Waals surface area contributed by atoms with Crippen molar-refractivity contribution in [2.45, 2.75) is 20.3 Å². The molecule has 1 unspecified atom stereocenters. The quantitative estimate of drug-likeness (QED) is 0.855. The van der Waals surface area contributed by atoms with E-state index in [0.29, 0.717) is 12.2 Å². The first-order valence-corrected chi connectivity index (χ1v) is 5.44. The molecule has 17 heavy (non-hydrogen) atoms. The van der Waals surface area contributed by atoms with Crippen LogP contribution in [0.3, 0.4) is 0 Å². The van der Waals surface area contributed by atoms with Gasteiger partial charge in [0.2, 0.25) is 0 Å². The highest BCUT2D eigenvalue weighted by atomic mass is 16.5. The summed E-state index contributed by atoms with van der Waals surface area (Å²) in [5.74, 6) is 0.175. The summed E-state index contributed by atoms with van der Waals surface area (Å²) in [4.78, 5) is 10.9. The summed E-state index contributed by atoms with van der Waals surface area (Å²) in [6, 6.07) is 3.65. The Morgan fingerprint density at radius 1 is 1.35 bits per heavy atom. The van der Waals surface area contributed by atoms with Crippen molar-refractivity contribution in [3.05, 3.63) is 23.3 Å². The van der Waals surface area contributed by atoms with E-state index in [0.717, 1.165) is 16.9 Å². The molecular weight excluding hydrogens is 220 g/mol. The van der Waals surface area contributed by atoms with E-state index in [4.69, 9.17) is 14.6 Å². The zero-order chi connectivity index (χ0) is 13.0. The van der Waals surface area contributed by atoms with E-state index in [1.165, 1.54) is 0 Å². The molecule has 0 fully saturated rings. The number of benzene rings is 1. The van der Waals surface area contributed by atoms with Crippen molar-refractivity contribution < 1.29 is 19.4 Å². The van der Waals surface area contributed by atoms with E-state index >= 15 is 0 Å². The molecule has 0 aromatic heterocycles. The van der Waals surface area contributed by atoms with Gasteiger partial charge in [0.15, 0.2) is 0 Å². The molecule has 1 aromatic rings. The van der Waals surface area contributed by atoms with Crippen LogP contribution in [0.4, 0.5) is 0 Å². The smallest absolute Gasteiger partial charge is 0.306 e. The van der Waals surface area contributed by atoms with E-state index in [-0.39, 0.29) is 0 Å². The van der Waals surface area contributed by atoms with Gasteiger partial charge >= 0.3 is 5.97 Å². The molecule has 0 aliphatic heterocycles. The van der Waals surface area contributed by atoms with Crippen LogP contribution in [-0.4, -0.2) is 25.3 Å². The summed E-state index contributed by atoms with van der Waals surface area (Å²) in [5.41, 5.74) is 1.90. The molecule has 0 heterocycles. The van der Waals surface area contributed by atoms with E-state index in [9.17, 15) is 4.79 Å². The third-order valence-corrected chi connectivity index (χ3v) is 2.84. The number of carbonyl (C=O) groups is 1. The van der Waals surface area contributed by atoms with Crippen LogP contribution in [0.15, 0.2) is 12.1 Å². The first-order valence-electron chi connectivity index (χ1n) is 5.44. The average molecular weight is 238 g/mol. The van der Waals surface area contributed by atoms with Crippen LogP contribution in [-0.2, 0) is 11.2 Å². The topological polar surface area (TPSA) is 55.8 Å². The Labute approximate surface area is 101 Å². The van der Waals surface area contributed by atoms with Gasteiger partial charge in [0, 0.05) is 6.07 Å². The summed E-state index contributed by atoms with van der Waals surface area (Å²) < 4.78 is 10.4. The molecule has 94 valence electrons. The zero-order valence-corrected chi connectivity index (χ0v) is 10.6. The largest absolute Gasteiger partial charge is 0.497 e. The van der Waals surface area contributed by atoms with Gasteiger partial charge < -0.3 is 14.6 Å². The third kappa shape index (κ3) is 3.12. The molecule has 0 bridgehead atoms. The molecule has 4 heteroatoms. The molecule has 0 amide bonds. The second-order valence-corrected chi connectivity index (χ2v) is 4.06. The Hall–Kier alpha value is -1.71. The van der Waals surface area contributed by atoms with Gasteiger partial charge in [0.25, 0.3) is 0 Å². The number of hydrogen-bond donors (Lipinski definition) is 1. The predicted octanol–water partition coefficient (Wildman–Crippen LogP) is 2.28. The fourth-order valence-electron chi connectivity index (χ4n) is 1.68. The van der Waals surface area contributed by atoms with Crippen LogP contribution < -0.4 is 9.47 Å². The van der Waals surface area contributed by atoms with E-state index < -0.39 is 11.9 Å². The SMILES string of the molecule is COc1cc(CC(C)C(=O)O)c(C)c(OC)c1. The van der Waals surface area contributed by atoms with Crippen LogP contribution in [0.5, 0.6) is 11.5 Å². The van der Waals surface area contributed by atoms with Crippen LogP contribution in [0, 0.1) is 12.8 Å². The maximum atomic E-state index is 10.9. The fourth-order valence-corrected chi connectivity index (χ4v) is 1.68. The van der Waals surface area contributed by atoms with Crippen molar-refractivity contribution in [1.29, 1.82) is 0 Å². The lowest BCUT2D eigenvalue weighted by atomic mass is 9.96. The number of methoxy groups -OCH3 is 2. The van der Waals surface area contributed by atoms with Gasteiger partial charge in [-0.15, -0.1) is 0 Å². The lowest BCUT2D eigenvalue weighted by Gasteiger charge is -2.14. The normalized spacial score (nSPS) is 12.0. The minimum absolute atomic E-state index is 0.425. The molecule has 1 aromatic carbocycles. The van der Waals surface area contributed by atoms with Crippen LogP contribution in [0.1, 0.15) is 18.1 Å². The standard InChI is InChI=1S/C13H18O4/c1-8(13(14)15)5-10-6-11(16-3)7-12(17-4)9(10)2/h6-8H,5H2,1-4H3,(H,14,15). The van der Waals surface area contributed by atoms with Gasteiger partial charge in [-0.3, -0.25) is 4.79 Å². The van der Waals surface area contributed by atoms with Gasteiger partial charge in [-0.1, -0.05) is 6.92 Å². The number of carboxylic acids is 1. The van der Waals surface area contributed by atoms with Gasteiger partial charge in [0.1, 0.15) is 11.5 Å². The van der Waals surface area contributed by atoms with Crippen molar-refractivity contribution in [2.75, 3.05) is 14.2 Å². The minimum atomic E-state index is -0.800. The molecule has 0 saturated carbocycles. The van der Waals surface area contributed by atoms with Crippen molar-refractivity contribution in [1.82, 2.24) is 0 Å². The summed E-state index contributed by atoms with van der Waals surface area (Å²) in [6.45, 7) is 3.61. The highest BCUT2D eigenvalue weighted by Gasteiger charge is 2.15. The Morgan fingerprint density at radius 3 is 2.47 bits per heavy atom. The average Bonchev–Trinajstić information content (AvgIpc) is 2.31. The number of rotatable bonds is 5. The predicted molar refractivity (Wildman–Crippen MR) is 64.8 cm³/mol. The van der Waals surface area contributed by atoms with Gasteiger partial charge in [-0.05, 0) is 30.5 Å². The minimum Gasteiger partial charge on any atom is -0.497 e. The molecule has 0 saturated heterocycles.